The molecule has 9 atom stereocenters. The largest absolute Gasteiger partial charge is 0.462 e. The fraction of sp³-hybridized carbons (Fsp3) is 0.903. The minimum atomic E-state index is -1.17. The third-order valence-corrected chi connectivity index (χ3v) is 11.4. The summed E-state index contributed by atoms with van der Waals surface area (Å²) in [4.78, 5) is 38.1. The highest BCUT2D eigenvalue weighted by molar-refractivity contribution is 5.92. The Bertz CT molecular complexity index is 865. The number of ether oxygens (including phenoxy) is 2. The van der Waals surface area contributed by atoms with Crippen LogP contribution in [0.25, 0.3) is 0 Å². The number of carbonyl (C=O) groups is 3. The number of esters is 2. The van der Waals surface area contributed by atoms with Crippen molar-refractivity contribution in [1.29, 1.82) is 0 Å². The summed E-state index contributed by atoms with van der Waals surface area (Å²) in [6, 6.07) is 0. The summed E-state index contributed by atoms with van der Waals surface area (Å²) in [6.07, 6.45) is 10.6. The lowest BCUT2D eigenvalue weighted by Gasteiger charge is -2.63. The van der Waals surface area contributed by atoms with Crippen molar-refractivity contribution in [3.05, 3.63) is 0 Å². The summed E-state index contributed by atoms with van der Waals surface area (Å²) in [5, 5.41) is 0. The molecule has 0 aromatic rings. The fourth-order valence-corrected chi connectivity index (χ4v) is 9.80. The van der Waals surface area contributed by atoms with E-state index in [2.05, 4.69) is 34.6 Å². The topological polar surface area (TPSA) is 69.7 Å². The Morgan fingerprint density at radius 2 is 1.67 bits per heavy atom. The van der Waals surface area contributed by atoms with Crippen LogP contribution >= 0.6 is 0 Å². The Kier molecular flexibility index (Phi) is 7.72. The predicted octanol–water partition coefficient (Wildman–Crippen LogP) is 6.90. The van der Waals surface area contributed by atoms with Crippen molar-refractivity contribution in [2.45, 2.75) is 131 Å². The lowest BCUT2D eigenvalue weighted by molar-refractivity contribution is -0.230. The Morgan fingerprint density at radius 1 is 0.944 bits per heavy atom. The SMILES string of the molecule is CC(=O)O[C@@H]1CC[C@]2(C)[C@H]3CC[C@]4(C)[C@@H]([C@H](C)CCCC(C)C)CC[C@H]4[C@@H]3CC(=O)[C@@]2(OC(C)=O)C1. The average molecular weight is 503 g/mol. The molecule has 0 heterocycles. The van der Waals surface area contributed by atoms with E-state index in [0.29, 0.717) is 36.0 Å². The summed E-state index contributed by atoms with van der Waals surface area (Å²) >= 11 is 0. The predicted molar refractivity (Wildman–Crippen MR) is 140 cm³/mol. The zero-order valence-electron chi connectivity index (χ0n) is 23.9. The van der Waals surface area contributed by atoms with Crippen LogP contribution in [0.2, 0.25) is 0 Å². The van der Waals surface area contributed by atoms with E-state index in [9.17, 15) is 14.4 Å². The zero-order chi connectivity index (χ0) is 26.5. The van der Waals surface area contributed by atoms with Crippen molar-refractivity contribution in [3.8, 4) is 0 Å². The summed E-state index contributed by atoms with van der Waals surface area (Å²) in [7, 11) is 0. The molecule has 4 fully saturated rings. The first-order valence-corrected chi connectivity index (χ1v) is 14.7. The summed E-state index contributed by atoms with van der Waals surface area (Å²) in [5.41, 5.74) is -1.28. The molecule has 204 valence electrons. The smallest absolute Gasteiger partial charge is 0.303 e. The molecule has 4 saturated carbocycles. The highest BCUT2D eigenvalue weighted by Gasteiger charge is 2.70. The van der Waals surface area contributed by atoms with Crippen LogP contribution < -0.4 is 0 Å². The van der Waals surface area contributed by atoms with E-state index < -0.39 is 17.0 Å². The lowest BCUT2D eigenvalue weighted by atomic mass is 9.42. The van der Waals surface area contributed by atoms with E-state index in [0.717, 1.165) is 37.0 Å². The molecule has 0 aromatic carbocycles. The average Bonchev–Trinajstić information content (AvgIpc) is 3.12. The van der Waals surface area contributed by atoms with Crippen molar-refractivity contribution in [1.82, 2.24) is 0 Å². The normalized spacial score (nSPS) is 42.8. The van der Waals surface area contributed by atoms with Crippen LogP contribution in [-0.2, 0) is 23.9 Å². The maximum absolute atomic E-state index is 14.1. The summed E-state index contributed by atoms with van der Waals surface area (Å²) in [5.74, 6) is 2.84. The quantitative estimate of drug-likeness (QED) is 0.354. The third-order valence-electron chi connectivity index (χ3n) is 11.4. The zero-order valence-corrected chi connectivity index (χ0v) is 23.9. The van der Waals surface area contributed by atoms with Gasteiger partial charge >= 0.3 is 11.9 Å². The van der Waals surface area contributed by atoms with Gasteiger partial charge in [-0.2, -0.15) is 0 Å². The van der Waals surface area contributed by atoms with Gasteiger partial charge in [-0.1, -0.05) is 53.9 Å². The van der Waals surface area contributed by atoms with Crippen molar-refractivity contribution in [3.63, 3.8) is 0 Å². The number of ketones is 1. The first-order valence-electron chi connectivity index (χ1n) is 14.7. The van der Waals surface area contributed by atoms with E-state index in [1.165, 1.54) is 52.4 Å². The van der Waals surface area contributed by atoms with Gasteiger partial charge in [0, 0.05) is 32.1 Å². The van der Waals surface area contributed by atoms with Crippen LogP contribution in [0.15, 0.2) is 0 Å². The van der Waals surface area contributed by atoms with Crippen LogP contribution in [0.4, 0.5) is 0 Å². The maximum Gasteiger partial charge on any atom is 0.303 e. The number of carbonyl (C=O) groups excluding carboxylic acids is 3. The van der Waals surface area contributed by atoms with Gasteiger partial charge < -0.3 is 9.47 Å². The number of fused-ring (bicyclic) bond motifs is 5. The Labute approximate surface area is 218 Å². The molecule has 0 spiro atoms. The van der Waals surface area contributed by atoms with Gasteiger partial charge in [0.1, 0.15) is 6.10 Å². The molecule has 4 aliphatic rings. The van der Waals surface area contributed by atoms with Crippen molar-refractivity contribution in [2.75, 3.05) is 0 Å². The molecule has 36 heavy (non-hydrogen) atoms. The van der Waals surface area contributed by atoms with Crippen molar-refractivity contribution >= 4 is 17.7 Å². The van der Waals surface area contributed by atoms with E-state index in [-0.39, 0.29) is 17.9 Å². The minimum absolute atomic E-state index is 0.0657. The molecule has 0 unspecified atom stereocenters. The molecule has 0 aliphatic heterocycles. The Hall–Kier alpha value is -1.39. The first-order chi connectivity index (χ1) is 16.8. The molecular weight excluding hydrogens is 452 g/mol. The van der Waals surface area contributed by atoms with Crippen LogP contribution in [0.1, 0.15) is 119 Å². The molecule has 4 aliphatic carbocycles. The van der Waals surface area contributed by atoms with Gasteiger partial charge in [0.25, 0.3) is 0 Å². The van der Waals surface area contributed by atoms with Gasteiger partial charge in [-0.05, 0) is 79.4 Å². The molecule has 0 saturated heterocycles. The Balaban J connectivity index is 1.59. The van der Waals surface area contributed by atoms with Crippen molar-refractivity contribution in [2.24, 2.45) is 46.3 Å². The second-order valence-electron chi connectivity index (χ2n) is 13.8. The van der Waals surface area contributed by atoms with Crippen LogP contribution in [0.5, 0.6) is 0 Å². The second-order valence-corrected chi connectivity index (χ2v) is 13.8. The molecule has 0 radical (unpaired) electrons. The van der Waals surface area contributed by atoms with Crippen LogP contribution in [-0.4, -0.2) is 29.4 Å². The van der Waals surface area contributed by atoms with Gasteiger partial charge in [0.05, 0.1) is 0 Å². The van der Waals surface area contributed by atoms with Gasteiger partial charge in [-0.3, -0.25) is 14.4 Å². The maximum atomic E-state index is 14.1. The standard InChI is InChI=1S/C31H50O5/c1-19(2)9-8-10-20(3)25-11-12-26-24-17-28(34)31(36-22(5)33)18-23(35-21(4)32)13-16-30(31,7)27(24)14-15-29(25,26)6/h19-20,23-27H,8-18H2,1-7H3/t20-,23-,24+,25-,26+,27+,29-,30-,31+/m1/s1. The van der Waals surface area contributed by atoms with E-state index in [4.69, 9.17) is 9.47 Å². The fourth-order valence-electron chi connectivity index (χ4n) is 9.80. The van der Waals surface area contributed by atoms with Gasteiger partial charge in [-0.15, -0.1) is 0 Å². The van der Waals surface area contributed by atoms with E-state index in [1.807, 2.05) is 0 Å². The molecular formula is C31H50O5. The molecule has 0 amide bonds. The summed E-state index contributed by atoms with van der Waals surface area (Å²) < 4.78 is 11.6. The van der Waals surface area contributed by atoms with Crippen LogP contribution in [0.3, 0.4) is 0 Å². The van der Waals surface area contributed by atoms with E-state index in [1.54, 1.807) is 0 Å². The molecule has 0 N–H and O–H groups in total. The van der Waals surface area contributed by atoms with Crippen molar-refractivity contribution < 1.29 is 23.9 Å². The second kappa shape index (κ2) is 10.1. The number of rotatable bonds is 7. The van der Waals surface area contributed by atoms with Gasteiger partial charge in [0.2, 0.25) is 0 Å². The molecule has 4 rings (SSSR count). The van der Waals surface area contributed by atoms with E-state index >= 15 is 0 Å². The van der Waals surface area contributed by atoms with Crippen LogP contribution in [0, 0.1) is 46.3 Å². The molecule has 5 nitrogen and oxygen atoms in total. The summed E-state index contributed by atoms with van der Waals surface area (Å²) in [6.45, 7) is 14.7. The Morgan fingerprint density at radius 3 is 2.31 bits per heavy atom. The number of Topliss-reactive ketones (excluding diaryl/α,β-unsaturated/α-hetero) is 1. The molecule has 0 bridgehead atoms. The highest BCUT2D eigenvalue weighted by Crippen LogP contribution is 2.69. The molecule has 5 heteroatoms. The van der Waals surface area contributed by atoms with Gasteiger partial charge in [0.15, 0.2) is 11.4 Å². The highest BCUT2D eigenvalue weighted by atomic mass is 16.6. The molecule has 0 aromatic heterocycles. The minimum Gasteiger partial charge on any atom is -0.462 e. The first kappa shape index (κ1) is 27.6. The number of hydrogen-bond donors (Lipinski definition) is 0. The number of hydrogen-bond acceptors (Lipinski definition) is 5. The van der Waals surface area contributed by atoms with Gasteiger partial charge in [-0.25, -0.2) is 0 Å². The lowest BCUT2D eigenvalue weighted by Crippen LogP contribution is -2.68. The monoisotopic (exact) mass is 502 g/mol. The third kappa shape index (κ3) is 4.55.